The number of amides is 1. The van der Waals surface area contributed by atoms with Crippen molar-refractivity contribution in [2.24, 2.45) is 5.92 Å². The third kappa shape index (κ3) is 5.22. The summed E-state index contributed by atoms with van der Waals surface area (Å²) in [5.74, 6) is 1.21. The maximum Gasteiger partial charge on any atom is 0.269 e. The van der Waals surface area contributed by atoms with Gasteiger partial charge >= 0.3 is 0 Å². The van der Waals surface area contributed by atoms with Crippen LogP contribution in [0.15, 0.2) is 47.9 Å². The molecule has 172 valence electrons. The number of pyridine rings is 1. The highest BCUT2D eigenvalue weighted by Gasteiger charge is 2.29. The third-order valence-corrected chi connectivity index (χ3v) is 6.95. The Kier molecular flexibility index (Phi) is 7.02. The lowest BCUT2D eigenvalue weighted by atomic mass is 9.85. The zero-order valence-corrected chi connectivity index (χ0v) is 19.4. The minimum atomic E-state index is -0.451. The SMILES string of the molecule is Cc1cc([N+](=O)[O-])ccc1NC(=O)CSc1nnc(-c2cccnc2)n1C1CCCCC1C. The number of nitro groups is 1. The van der Waals surface area contributed by atoms with Gasteiger partial charge < -0.3 is 5.32 Å². The molecule has 1 saturated carbocycles. The van der Waals surface area contributed by atoms with Gasteiger partial charge in [0.2, 0.25) is 5.91 Å². The van der Waals surface area contributed by atoms with Crippen molar-refractivity contribution in [2.45, 2.75) is 50.7 Å². The number of aromatic nitrogens is 4. The van der Waals surface area contributed by atoms with Gasteiger partial charge in [0.25, 0.3) is 5.69 Å². The van der Waals surface area contributed by atoms with Gasteiger partial charge in [0.1, 0.15) is 0 Å². The Morgan fingerprint density at radius 3 is 2.79 bits per heavy atom. The zero-order chi connectivity index (χ0) is 23.4. The van der Waals surface area contributed by atoms with E-state index in [1.165, 1.54) is 30.3 Å². The largest absolute Gasteiger partial charge is 0.325 e. The number of nitro benzene ring substituents is 1. The molecule has 1 amide bonds. The highest BCUT2D eigenvalue weighted by atomic mass is 32.2. The van der Waals surface area contributed by atoms with Crippen molar-refractivity contribution in [3.8, 4) is 11.4 Å². The molecule has 33 heavy (non-hydrogen) atoms. The number of carbonyl (C=O) groups excluding carboxylic acids is 1. The molecule has 9 nitrogen and oxygen atoms in total. The van der Waals surface area contributed by atoms with Gasteiger partial charge in [0.15, 0.2) is 11.0 Å². The Morgan fingerprint density at radius 2 is 2.09 bits per heavy atom. The lowest BCUT2D eigenvalue weighted by molar-refractivity contribution is -0.384. The van der Waals surface area contributed by atoms with Gasteiger partial charge in [-0.15, -0.1) is 10.2 Å². The average Bonchev–Trinajstić information content (AvgIpc) is 3.23. The van der Waals surface area contributed by atoms with Crippen molar-refractivity contribution >= 4 is 29.0 Å². The fourth-order valence-electron chi connectivity index (χ4n) is 4.26. The van der Waals surface area contributed by atoms with Crippen molar-refractivity contribution in [3.05, 3.63) is 58.4 Å². The van der Waals surface area contributed by atoms with E-state index < -0.39 is 4.92 Å². The van der Waals surface area contributed by atoms with Crippen LogP contribution in [0.1, 0.15) is 44.2 Å². The van der Waals surface area contributed by atoms with E-state index in [0.29, 0.717) is 22.3 Å². The molecule has 2 unspecified atom stereocenters. The summed E-state index contributed by atoms with van der Waals surface area (Å²) in [6.45, 7) is 3.99. The zero-order valence-electron chi connectivity index (χ0n) is 18.6. The van der Waals surface area contributed by atoms with Crippen LogP contribution in [0, 0.1) is 23.0 Å². The summed E-state index contributed by atoms with van der Waals surface area (Å²) >= 11 is 1.35. The van der Waals surface area contributed by atoms with Gasteiger partial charge in [-0.3, -0.25) is 24.5 Å². The Morgan fingerprint density at radius 1 is 1.27 bits per heavy atom. The second-order valence-corrected chi connectivity index (χ2v) is 9.28. The Labute approximate surface area is 196 Å². The molecule has 2 aromatic heterocycles. The number of hydrogen-bond acceptors (Lipinski definition) is 7. The first-order chi connectivity index (χ1) is 15.9. The molecule has 3 aromatic rings. The molecule has 0 spiro atoms. The molecule has 1 aliphatic carbocycles. The lowest BCUT2D eigenvalue weighted by Gasteiger charge is -2.31. The number of benzene rings is 1. The van der Waals surface area contributed by atoms with Gasteiger partial charge in [-0.1, -0.05) is 31.5 Å². The van der Waals surface area contributed by atoms with Crippen LogP contribution in [0.3, 0.4) is 0 Å². The quantitative estimate of drug-likeness (QED) is 0.295. The predicted molar refractivity (Wildman–Crippen MR) is 127 cm³/mol. The molecule has 2 atom stereocenters. The van der Waals surface area contributed by atoms with E-state index in [1.807, 2.05) is 12.1 Å². The number of aryl methyl sites for hydroxylation is 1. The first-order valence-electron chi connectivity index (χ1n) is 11.0. The van der Waals surface area contributed by atoms with Gasteiger partial charge in [-0.2, -0.15) is 0 Å². The van der Waals surface area contributed by atoms with E-state index in [9.17, 15) is 14.9 Å². The number of nitrogens with zero attached hydrogens (tertiary/aromatic N) is 5. The van der Waals surface area contributed by atoms with Crippen LogP contribution in [0.25, 0.3) is 11.4 Å². The summed E-state index contributed by atoms with van der Waals surface area (Å²) in [5, 5.41) is 23.4. The standard InChI is InChI=1S/C23H26N6O3S/c1-15-6-3-4-8-20(15)28-22(17-7-5-11-24-13-17)26-27-23(28)33-14-21(30)25-19-10-9-18(29(31)32)12-16(19)2/h5,7,9-13,15,20H,3-4,6,8,14H2,1-2H3,(H,25,30). The maximum absolute atomic E-state index is 12.7. The Balaban J connectivity index is 1.52. The van der Waals surface area contributed by atoms with E-state index in [2.05, 4.69) is 32.0 Å². The van der Waals surface area contributed by atoms with Crippen LogP contribution in [-0.4, -0.2) is 36.3 Å². The number of non-ortho nitro benzene ring substituents is 1. The van der Waals surface area contributed by atoms with E-state index >= 15 is 0 Å². The average molecular weight is 467 g/mol. The molecular formula is C23H26N6O3S. The van der Waals surface area contributed by atoms with E-state index in [1.54, 1.807) is 25.4 Å². The molecule has 0 bridgehead atoms. The number of rotatable bonds is 7. The van der Waals surface area contributed by atoms with Crippen LogP contribution >= 0.6 is 11.8 Å². The van der Waals surface area contributed by atoms with Crippen molar-refractivity contribution in [3.63, 3.8) is 0 Å². The monoisotopic (exact) mass is 466 g/mol. The van der Waals surface area contributed by atoms with Crippen molar-refractivity contribution in [2.75, 3.05) is 11.1 Å². The third-order valence-electron chi connectivity index (χ3n) is 6.01. The first-order valence-corrected chi connectivity index (χ1v) is 12.0. The molecule has 1 N–H and O–H groups in total. The second-order valence-electron chi connectivity index (χ2n) is 8.34. The minimum absolute atomic E-state index is 0.00231. The van der Waals surface area contributed by atoms with Crippen molar-refractivity contribution in [1.82, 2.24) is 19.7 Å². The van der Waals surface area contributed by atoms with Crippen molar-refractivity contribution < 1.29 is 9.72 Å². The molecule has 1 aromatic carbocycles. The van der Waals surface area contributed by atoms with Crippen LogP contribution in [0.5, 0.6) is 0 Å². The molecule has 0 aliphatic heterocycles. The summed E-state index contributed by atoms with van der Waals surface area (Å²) in [6.07, 6.45) is 8.10. The van der Waals surface area contributed by atoms with E-state index in [-0.39, 0.29) is 23.4 Å². The van der Waals surface area contributed by atoms with Gasteiger partial charge in [0.05, 0.1) is 10.7 Å². The van der Waals surface area contributed by atoms with E-state index in [0.717, 1.165) is 30.7 Å². The normalized spacial score (nSPS) is 18.1. The Hall–Kier alpha value is -3.27. The number of nitrogens with one attached hydrogen (secondary N) is 1. The van der Waals surface area contributed by atoms with Crippen LogP contribution < -0.4 is 5.32 Å². The van der Waals surface area contributed by atoms with Crippen LogP contribution in [-0.2, 0) is 4.79 Å². The summed E-state index contributed by atoms with van der Waals surface area (Å²) in [6, 6.07) is 8.51. The number of carbonyl (C=O) groups is 1. The fraction of sp³-hybridized carbons (Fsp3) is 0.391. The highest BCUT2D eigenvalue weighted by Crippen LogP contribution is 2.38. The number of hydrogen-bond donors (Lipinski definition) is 1. The summed E-state index contributed by atoms with van der Waals surface area (Å²) < 4.78 is 2.18. The highest BCUT2D eigenvalue weighted by molar-refractivity contribution is 7.99. The van der Waals surface area contributed by atoms with Crippen LogP contribution in [0.2, 0.25) is 0 Å². The fourth-order valence-corrected chi connectivity index (χ4v) is 5.06. The summed E-state index contributed by atoms with van der Waals surface area (Å²) in [7, 11) is 0. The van der Waals surface area contributed by atoms with Gasteiger partial charge in [-0.05, 0) is 49.4 Å². The van der Waals surface area contributed by atoms with Crippen molar-refractivity contribution in [1.29, 1.82) is 0 Å². The van der Waals surface area contributed by atoms with Crippen LogP contribution in [0.4, 0.5) is 11.4 Å². The lowest BCUT2D eigenvalue weighted by Crippen LogP contribution is -2.23. The second kappa shape index (κ2) is 10.1. The maximum atomic E-state index is 12.7. The Bertz CT molecular complexity index is 1150. The molecule has 4 rings (SSSR count). The molecule has 0 radical (unpaired) electrons. The van der Waals surface area contributed by atoms with Gasteiger partial charge in [-0.25, -0.2) is 0 Å². The predicted octanol–water partition coefficient (Wildman–Crippen LogP) is 5.04. The number of thioether (sulfide) groups is 1. The summed E-state index contributed by atoms with van der Waals surface area (Å²) in [5.41, 5.74) is 2.10. The molecule has 1 aliphatic rings. The molecule has 1 fully saturated rings. The summed E-state index contributed by atoms with van der Waals surface area (Å²) in [4.78, 5) is 27.4. The molecular weight excluding hydrogens is 440 g/mol. The van der Waals surface area contributed by atoms with Gasteiger partial charge in [0, 0.05) is 41.8 Å². The molecule has 10 heteroatoms. The number of anilines is 1. The molecule has 2 heterocycles. The molecule has 0 saturated heterocycles. The smallest absolute Gasteiger partial charge is 0.269 e. The topological polar surface area (TPSA) is 116 Å². The first kappa shape index (κ1) is 22.9. The minimum Gasteiger partial charge on any atom is -0.325 e. The van der Waals surface area contributed by atoms with E-state index in [4.69, 9.17) is 0 Å².